The zero-order valence-electron chi connectivity index (χ0n) is 12.9. The maximum atomic E-state index is 12.3. The molecule has 1 aromatic rings. The van der Waals surface area contributed by atoms with E-state index in [1.54, 1.807) is 27.7 Å². The van der Waals surface area contributed by atoms with Crippen LogP contribution in [0.1, 0.15) is 39.7 Å². The molecule has 114 valence electrons. The summed E-state index contributed by atoms with van der Waals surface area (Å²) in [5.41, 5.74) is -0.0841. The molecular formula is C16H22N2O3. The second kappa shape index (κ2) is 5.48. The molecule has 5 nitrogen and oxygen atoms in total. The van der Waals surface area contributed by atoms with Crippen molar-refractivity contribution in [3.8, 4) is 0 Å². The van der Waals surface area contributed by atoms with Gasteiger partial charge >= 0.3 is 0 Å². The summed E-state index contributed by atoms with van der Waals surface area (Å²) in [7, 11) is 0. The maximum absolute atomic E-state index is 12.3. The van der Waals surface area contributed by atoms with Crippen molar-refractivity contribution in [1.82, 2.24) is 5.32 Å². The maximum Gasteiger partial charge on any atom is 0.264 e. The van der Waals surface area contributed by atoms with Crippen molar-refractivity contribution in [3.63, 3.8) is 0 Å². The molecule has 21 heavy (non-hydrogen) atoms. The number of rotatable bonds is 4. The van der Waals surface area contributed by atoms with E-state index in [-0.39, 0.29) is 5.91 Å². The smallest absolute Gasteiger partial charge is 0.264 e. The van der Waals surface area contributed by atoms with Crippen LogP contribution < -0.4 is 5.32 Å². The zero-order valence-corrected chi connectivity index (χ0v) is 12.9. The van der Waals surface area contributed by atoms with E-state index in [0.717, 1.165) is 11.3 Å². The van der Waals surface area contributed by atoms with Crippen LogP contribution >= 0.6 is 0 Å². The lowest BCUT2D eigenvalue weighted by atomic mass is 9.85. The van der Waals surface area contributed by atoms with Crippen molar-refractivity contribution in [2.24, 2.45) is 5.16 Å². The first-order valence-electron chi connectivity index (χ1n) is 7.03. The highest BCUT2D eigenvalue weighted by Gasteiger charge is 2.39. The molecule has 1 aliphatic heterocycles. The average molecular weight is 290 g/mol. The fraction of sp³-hybridized carbons (Fsp3) is 0.500. The predicted octanol–water partition coefficient (Wildman–Crippen LogP) is 1.85. The van der Waals surface area contributed by atoms with Crippen molar-refractivity contribution in [2.75, 3.05) is 0 Å². The number of nitrogens with one attached hydrogen (secondary N) is 1. The number of benzene rings is 1. The van der Waals surface area contributed by atoms with Gasteiger partial charge in [0.1, 0.15) is 0 Å². The largest absolute Gasteiger partial charge is 0.388 e. The summed E-state index contributed by atoms with van der Waals surface area (Å²) in [5.74, 6) is -0.267. The fourth-order valence-electron chi connectivity index (χ4n) is 1.86. The predicted molar refractivity (Wildman–Crippen MR) is 81.0 cm³/mol. The molecule has 1 amide bonds. The lowest BCUT2D eigenvalue weighted by Gasteiger charge is -2.38. The minimum atomic E-state index is -1.04. The molecule has 0 spiro atoms. The van der Waals surface area contributed by atoms with Crippen LogP contribution in [0.15, 0.2) is 35.5 Å². The van der Waals surface area contributed by atoms with E-state index >= 15 is 0 Å². The van der Waals surface area contributed by atoms with Gasteiger partial charge in [0.2, 0.25) is 6.10 Å². The van der Waals surface area contributed by atoms with Gasteiger partial charge in [-0.05, 0) is 33.3 Å². The van der Waals surface area contributed by atoms with Gasteiger partial charge in [0.05, 0.1) is 16.9 Å². The minimum absolute atomic E-state index is 0.267. The summed E-state index contributed by atoms with van der Waals surface area (Å²) in [4.78, 5) is 17.5. The first-order chi connectivity index (χ1) is 9.71. The number of carbonyl (C=O) groups is 1. The number of hydrogen-bond acceptors (Lipinski definition) is 4. The second-order valence-electron chi connectivity index (χ2n) is 6.38. The summed E-state index contributed by atoms with van der Waals surface area (Å²) in [6.07, 6.45) is -0.223. The third kappa shape index (κ3) is 3.42. The van der Waals surface area contributed by atoms with E-state index in [1.807, 2.05) is 30.3 Å². The van der Waals surface area contributed by atoms with E-state index in [4.69, 9.17) is 4.84 Å². The standard InChI is InChI=1S/C16H22N2O3/c1-15(2,16(3,4)20)17-14(19)13-10-12(18-21-13)11-8-6-5-7-9-11/h5-9,13,20H,10H2,1-4H3,(H,17,19). The van der Waals surface area contributed by atoms with Gasteiger partial charge in [-0.2, -0.15) is 0 Å². The molecule has 2 rings (SSSR count). The van der Waals surface area contributed by atoms with E-state index < -0.39 is 17.2 Å². The fourth-order valence-corrected chi connectivity index (χ4v) is 1.86. The number of hydrogen-bond donors (Lipinski definition) is 2. The number of oxime groups is 1. The molecule has 0 saturated heterocycles. The Morgan fingerprint density at radius 2 is 1.90 bits per heavy atom. The quantitative estimate of drug-likeness (QED) is 0.889. The number of carbonyl (C=O) groups excluding carboxylic acids is 1. The molecule has 0 aromatic heterocycles. The van der Waals surface area contributed by atoms with Crippen molar-refractivity contribution in [3.05, 3.63) is 35.9 Å². The first kappa shape index (κ1) is 15.5. The number of aliphatic hydroxyl groups is 1. The van der Waals surface area contributed by atoms with Crippen LogP contribution in [-0.4, -0.2) is 34.0 Å². The third-order valence-electron chi connectivity index (χ3n) is 4.03. The van der Waals surface area contributed by atoms with Crippen LogP contribution in [0.4, 0.5) is 0 Å². The van der Waals surface area contributed by atoms with Crippen molar-refractivity contribution in [2.45, 2.75) is 51.4 Å². The Hall–Kier alpha value is -1.88. The average Bonchev–Trinajstić information content (AvgIpc) is 2.87. The topological polar surface area (TPSA) is 70.9 Å². The normalized spacial score (nSPS) is 18.9. The summed E-state index contributed by atoms with van der Waals surface area (Å²) in [6, 6.07) is 9.63. The van der Waals surface area contributed by atoms with Gasteiger partial charge < -0.3 is 15.3 Å². The van der Waals surface area contributed by atoms with Crippen LogP contribution in [0.3, 0.4) is 0 Å². The van der Waals surface area contributed by atoms with Crippen molar-refractivity contribution >= 4 is 11.6 Å². The Balaban J connectivity index is 1.99. The summed E-state index contributed by atoms with van der Waals surface area (Å²) in [6.45, 7) is 6.88. The molecule has 2 N–H and O–H groups in total. The van der Waals surface area contributed by atoms with Gasteiger partial charge in [-0.3, -0.25) is 4.79 Å². The van der Waals surface area contributed by atoms with Crippen LogP contribution in [0.5, 0.6) is 0 Å². The Morgan fingerprint density at radius 3 is 2.48 bits per heavy atom. The van der Waals surface area contributed by atoms with Gasteiger partial charge in [-0.1, -0.05) is 35.5 Å². The molecule has 0 aliphatic carbocycles. The molecule has 1 unspecified atom stereocenters. The number of amides is 1. The first-order valence-corrected chi connectivity index (χ1v) is 7.03. The van der Waals surface area contributed by atoms with Gasteiger partial charge in [0.15, 0.2) is 0 Å². The van der Waals surface area contributed by atoms with Crippen LogP contribution in [-0.2, 0) is 9.63 Å². The number of nitrogens with zero attached hydrogens (tertiary/aromatic N) is 1. The molecule has 0 saturated carbocycles. The summed E-state index contributed by atoms with van der Waals surface area (Å²) < 4.78 is 0. The van der Waals surface area contributed by atoms with Crippen LogP contribution in [0.2, 0.25) is 0 Å². The Bertz CT molecular complexity index is 544. The highest BCUT2D eigenvalue weighted by Crippen LogP contribution is 2.22. The minimum Gasteiger partial charge on any atom is -0.388 e. The highest BCUT2D eigenvalue weighted by molar-refractivity contribution is 6.04. The van der Waals surface area contributed by atoms with E-state index in [0.29, 0.717) is 6.42 Å². The molecule has 1 aromatic carbocycles. The zero-order chi connectivity index (χ0) is 15.7. The van der Waals surface area contributed by atoms with Gasteiger partial charge in [0.25, 0.3) is 5.91 Å². The monoisotopic (exact) mass is 290 g/mol. The van der Waals surface area contributed by atoms with Crippen molar-refractivity contribution < 1.29 is 14.7 Å². The molecular weight excluding hydrogens is 268 g/mol. The lowest BCUT2D eigenvalue weighted by Crippen LogP contribution is -2.59. The third-order valence-corrected chi connectivity index (χ3v) is 4.03. The lowest BCUT2D eigenvalue weighted by molar-refractivity contribution is -0.136. The molecule has 1 heterocycles. The van der Waals surface area contributed by atoms with Crippen LogP contribution in [0, 0.1) is 0 Å². The molecule has 0 fully saturated rings. The van der Waals surface area contributed by atoms with E-state index in [9.17, 15) is 9.90 Å². The van der Waals surface area contributed by atoms with Gasteiger partial charge in [-0.25, -0.2) is 0 Å². The summed E-state index contributed by atoms with van der Waals surface area (Å²) in [5, 5.41) is 16.9. The van der Waals surface area contributed by atoms with Crippen LogP contribution in [0.25, 0.3) is 0 Å². The molecule has 0 bridgehead atoms. The molecule has 0 radical (unpaired) electrons. The molecule has 5 heteroatoms. The Labute approximate surface area is 125 Å². The SMILES string of the molecule is CC(C)(O)C(C)(C)NC(=O)C1CC(c2ccccc2)=NO1. The highest BCUT2D eigenvalue weighted by atomic mass is 16.6. The van der Waals surface area contributed by atoms with E-state index in [1.165, 1.54) is 0 Å². The second-order valence-corrected chi connectivity index (χ2v) is 6.38. The van der Waals surface area contributed by atoms with E-state index in [2.05, 4.69) is 10.5 Å². The molecule has 1 aliphatic rings. The summed E-state index contributed by atoms with van der Waals surface area (Å²) >= 11 is 0. The van der Waals surface area contributed by atoms with Crippen molar-refractivity contribution in [1.29, 1.82) is 0 Å². The molecule has 1 atom stereocenters. The Kier molecular flexibility index (Phi) is 4.05. The van der Waals surface area contributed by atoms with Gasteiger partial charge in [-0.15, -0.1) is 0 Å². The Morgan fingerprint density at radius 1 is 1.29 bits per heavy atom. The van der Waals surface area contributed by atoms with Gasteiger partial charge in [0, 0.05) is 6.42 Å².